The van der Waals surface area contributed by atoms with E-state index in [1.807, 2.05) is 0 Å². The zero-order chi connectivity index (χ0) is 17.9. The molecule has 1 N–H and O–H groups in total. The fourth-order valence-electron chi connectivity index (χ4n) is 4.00. The summed E-state index contributed by atoms with van der Waals surface area (Å²) in [5, 5.41) is 6.22. The van der Waals surface area contributed by atoms with Crippen LogP contribution in [0.25, 0.3) is 11.3 Å². The number of benzene rings is 1. The number of aryl methyl sites for hydroxylation is 1. The van der Waals surface area contributed by atoms with Gasteiger partial charge in [0.2, 0.25) is 5.91 Å². The van der Waals surface area contributed by atoms with Crippen molar-refractivity contribution in [2.45, 2.75) is 32.2 Å². The second kappa shape index (κ2) is 7.76. The largest absolute Gasteiger partial charge is 0.371 e. The lowest BCUT2D eigenvalue weighted by Crippen LogP contribution is -2.46. The highest BCUT2D eigenvalue weighted by Crippen LogP contribution is 2.28. The molecular weight excluding hydrogens is 344 g/mol. The summed E-state index contributed by atoms with van der Waals surface area (Å²) in [4.78, 5) is 21.2. The van der Waals surface area contributed by atoms with Gasteiger partial charge in [-0.15, -0.1) is 11.3 Å². The quantitative estimate of drug-likeness (QED) is 0.903. The van der Waals surface area contributed by atoms with Crippen molar-refractivity contribution >= 4 is 22.9 Å². The molecule has 0 saturated carbocycles. The topological polar surface area (TPSA) is 48.5 Å². The lowest BCUT2D eigenvalue weighted by atomic mass is 10.0. The van der Waals surface area contributed by atoms with E-state index < -0.39 is 0 Å². The SMILES string of the molecule is Cc1nc(-c2cccc(N3CCC(N4CCNC(=O)CC4)CC3)c2)cs1. The Kier molecular flexibility index (Phi) is 5.22. The summed E-state index contributed by atoms with van der Waals surface area (Å²) in [5.41, 5.74) is 3.57. The Labute approximate surface area is 159 Å². The van der Waals surface area contributed by atoms with Crippen molar-refractivity contribution < 1.29 is 4.79 Å². The molecule has 0 aliphatic carbocycles. The molecule has 2 aliphatic heterocycles. The Morgan fingerprint density at radius 1 is 1.19 bits per heavy atom. The Balaban J connectivity index is 1.39. The summed E-state index contributed by atoms with van der Waals surface area (Å²) in [6, 6.07) is 9.35. The van der Waals surface area contributed by atoms with Gasteiger partial charge in [-0.25, -0.2) is 4.98 Å². The molecule has 3 heterocycles. The Morgan fingerprint density at radius 2 is 2.04 bits per heavy atom. The first-order valence-electron chi connectivity index (χ1n) is 9.47. The molecule has 0 unspecified atom stereocenters. The van der Waals surface area contributed by atoms with Crippen molar-refractivity contribution in [2.75, 3.05) is 37.6 Å². The van der Waals surface area contributed by atoms with E-state index in [2.05, 4.69) is 56.7 Å². The van der Waals surface area contributed by atoms with Crippen LogP contribution in [0.4, 0.5) is 5.69 Å². The summed E-state index contributed by atoms with van der Waals surface area (Å²) in [7, 11) is 0. The molecule has 0 spiro atoms. The van der Waals surface area contributed by atoms with Crippen LogP contribution in [0.2, 0.25) is 0 Å². The van der Waals surface area contributed by atoms with E-state index in [9.17, 15) is 4.79 Å². The number of hydrogen-bond donors (Lipinski definition) is 1. The highest BCUT2D eigenvalue weighted by atomic mass is 32.1. The van der Waals surface area contributed by atoms with Crippen LogP contribution >= 0.6 is 11.3 Å². The fourth-order valence-corrected chi connectivity index (χ4v) is 4.62. The molecule has 1 amide bonds. The molecule has 2 aliphatic rings. The second-order valence-electron chi connectivity index (χ2n) is 7.16. The Bertz CT molecular complexity index is 767. The van der Waals surface area contributed by atoms with E-state index in [4.69, 9.17) is 0 Å². The third-order valence-corrected chi connectivity index (χ3v) is 6.23. The highest BCUT2D eigenvalue weighted by Gasteiger charge is 2.26. The maximum atomic E-state index is 11.5. The number of hydrogen-bond acceptors (Lipinski definition) is 5. The van der Waals surface area contributed by atoms with Gasteiger partial charge in [0.1, 0.15) is 0 Å². The maximum Gasteiger partial charge on any atom is 0.221 e. The van der Waals surface area contributed by atoms with Crippen molar-refractivity contribution in [3.05, 3.63) is 34.7 Å². The molecule has 1 aromatic heterocycles. The van der Waals surface area contributed by atoms with Crippen LogP contribution in [-0.4, -0.2) is 54.6 Å². The molecule has 138 valence electrons. The number of carbonyl (C=O) groups is 1. The lowest BCUT2D eigenvalue weighted by molar-refractivity contribution is -0.120. The average Bonchev–Trinajstić information content (AvgIpc) is 2.99. The average molecular weight is 371 g/mol. The fraction of sp³-hybridized carbons (Fsp3) is 0.500. The smallest absolute Gasteiger partial charge is 0.221 e. The summed E-state index contributed by atoms with van der Waals surface area (Å²) < 4.78 is 0. The van der Waals surface area contributed by atoms with Crippen molar-refractivity contribution in [1.29, 1.82) is 0 Å². The zero-order valence-corrected chi connectivity index (χ0v) is 16.1. The molecule has 2 fully saturated rings. The molecule has 5 nitrogen and oxygen atoms in total. The molecule has 6 heteroatoms. The summed E-state index contributed by atoms with van der Waals surface area (Å²) >= 11 is 1.70. The van der Waals surface area contributed by atoms with Gasteiger partial charge in [0, 0.05) is 61.8 Å². The Hall–Kier alpha value is -1.92. The first-order chi connectivity index (χ1) is 12.7. The minimum absolute atomic E-state index is 0.194. The number of piperidine rings is 1. The van der Waals surface area contributed by atoms with Gasteiger partial charge >= 0.3 is 0 Å². The van der Waals surface area contributed by atoms with E-state index >= 15 is 0 Å². The van der Waals surface area contributed by atoms with Gasteiger partial charge < -0.3 is 10.2 Å². The molecule has 1 aromatic carbocycles. The molecule has 0 bridgehead atoms. The van der Waals surface area contributed by atoms with E-state index in [0.29, 0.717) is 12.5 Å². The van der Waals surface area contributed by atoms with Gasteiger partial charge in [-0.1, -0.05) is 12.1 Å². The predicted molar refractivity (Wildman–Crippen MR) is 107 cm³/mol. The number of thiazole rings is 1. The monoisotopic (exact) mass is 370 g/mol. The van der Waals surface area contributed by atoms with Crippen LogP contribution in [0.5, 0.6) is 0 Å². The van der Waals surface area contributed by atoms with Gasteiger partial charge in [0.25, 0.3) is 0 Å². The normalized spacial score (nSPS) is 20.0. The van der Waals surface area contributed by atoms with Gasteiger partial charge in [-0.05, 0) is 31.9 Å². The minimum Gasteiger partial charge on any atom is -0.371 e. The van der Waals surface area contributed by atoms with Gasteiger partial charge in [0.05, 0.1) is 10.7 Å². The number of aromatic nitrogens is 1. The van der Waals surface area contributed by atoms with Crippen molar-refractivity contribution in [1.82, 2.24) is 15.2 Å². The van der Waals surface area contributed by atoms with Gasteiger partial charge in [-0.2, -0.15) is 0 Å². The van der Waals surface area contributed by atoms with E-state index in [1.54, 1.807) is 11.3 Å². The van der Waals surface area contributed by atoms with Crippen LogP contribution in [0, 0.1) is 6.92 Å². The van der Waals surface area contributed by atoms with Gasteiger partial charge in [-0.3, -0.25) is 9.69 Å². The lowest BCUT2D eigenvalue weighted by Gasteiger charge is -2.39. The first-order valence-corrected chi connectivity index (χ1v) is 10.4. The number of rotatable bonds is 3. The molecule has 0 radical (unpaired) electrons. The summed E-state index contributed by atoms with van der Waals surface area (Å²) in [6.45, 7) is 6.86. The number of nitrogens with one attached hydrogen (secondary N) is 1. The maximum absolute atomic E-state index is 11.5. The summed E-state index contributed by atoms with van der Waals surface area (Å²) in [5.74, 6) is 0.194. The van der Waals surface area contributed by atoms with Crippen LogP contribution in [0.15, 0.2) is 29.6 Å². The molecule has 4 rings (SSSR count). The van der Waals surface area contributed by atoms with Gasteiger partial charge in [0.15, 0.2) is 0 Å². The zero-order valence-electron chi connectivity index (χ0n) is 15.3. The second-order valence-corrected chi connectivity index (χ2v) is 8.22. The third kappa shape index (κ3) is 3.91. The van der Waals surface area contributed by atoms with Crippen LogP contribution < -0.4 is 10.2 Å². The molecule has 26 heavy (non-hydrogen) atoms. The predicted octanol–water partition coefficient (Wildman–Crippen LogP) is 2.91. The number of anilines is 1. The van der Waals surface area contributed by atoms with E-state index in [-0.39, 0.29) is 5.91 Å². The number of amides is 1. The summed E-state index contributed by atoms with van der Waals surface area (Å²) in [6.07, 6.45) is 2.96. The van der Waals surface area contributed by atoms with Crippen LogP contribution in [-0.2, 0) is 4.79 Å². The molecule has 2 saturated heterocycles. The first kappa shape index (κ1) is 17.5. The van der Waals surface area contributed by atoms with Crippen LogP contribution in [0.3, 0.4) is 0 Å². The molecule has 0 atom stereocenters. The molecular formula is C20H26N4OS. The van der Waals surface area contributed by atoms with Crippen molar-refractivity contribution in [3.8, 4) is 11.3 Å². The highest BCUT2D eigenvalue weighted by molar-refractivity contribution is 7.09. The third-order valence-electron chi connectivity index (χ3n) is 5.45. The van der Waals surface area contributed by atoms with E-state index in [0.717, 1.165) is 56.3 Å². The molecule has 2 aromatic rings. The minimum atomic E-state index is 0.194. The van der Waals surface area contributed by atoms with E-state index in [1.165, 1.54) is 11.3 Å². The Morgan fingerprint density at radius 3 is 2.81 bits per heavy atom. The van der Waals surface area contributed by atoms with Crippen molar-refractivity contribution in [3.63, 3.8) is 0 Å². The number of nitrogens with zero attached hydrogens (tertiary/aromatic N) is 3. The van der Waals surface area contributed by atoms with Crippen LogP contribution in [0.1, 0.15) is 24.3 Å². The standard InChI is InChI=1S/C20H26N4OS/c1-15-22-19(14-26-15)16-3-2-4-18(13-16)23-9-5-17(6-10-23)24-11-7-20(25)21-8-12-24/h2-4,13-14,17H,5-12H2,1H3,(H,21,25). The van der Waals surface area contributed by atoms with Crippen molar-refractivity contribution in [2.24, 2.45) is 0 Å². The number of carbonyl (C=O) groups excluding carboxylic acids is 1.